The van der Waals surface area contributed by atoms with Gasteiger partial charge in [0.25, 0.3) is 5.89 Å². The van der Waals surface area contributed by atoms with Crippen LogP contribution in [-0.4, -0.2) is 60.4 Å². The van der Waals surface area contributed by atoms with E-state index in [1.54, 1.807) is 12.4 Å². The monoisotopic (exact) mass is 445 g/mol. The number of rotatable bonds is 8. The van der Waals surface area contributed by atoms with Crippen molar-refractivity contribution in [2.24, 2.45) is 5.92 Å². The standard InChI is InChI=1S/C23H27N9O/c1-23(16-4-5-16,17-6-7-18(25-11-17)19-12-27-20(24)13-26-19)22-29-21(33-30-22)15-10-28-32(14-15)9-8-31(2)3/h6-7,10-14,16H,4-5,8-9H2,1-3H3,(H2,24,27)/t23-/m1/s1. The van der Waals surface area contributed by atoms with Crippen LogP contribution in [0.1, 0.15) is 31.2 Å². The molecule has 4 heterocycles. The van der Waals surface area contributed by atoms with Crippen LogP contribution in [0.3, 0.4) is 0 Å². The van der Waals surface area contributed by atoms with E-state index in [0.717, 1.165) is 42.8 Å². The van der Waals surface area contributed by atoms with E-state index >= 15 is 0 Å². The minimum atomic E-state index is -0.388. The van der Waals surface area contributed by atoms with Crippen molar-refractivity contribution < 1.29 is 4.52 Å². The van der Waals surface area contributed by atoms with Gasteiger partial charge < -0.3 is 15.2 Å². The van der Waals surface area contributed by atoms with Crippen LogP contribution in [0.2, 0.25) is 0 Å². The second kappa shape index (κ2) is 8.36. The average molecular weight is 446 g/mol. The molecule has 4 aromatic heterocycles. The number of nitrogens with zero attached hydrogens (tertiary/aromatic N) is 8. The maximum absolute atomic E-state index is 5.66. The molecule has 1 saturated carbocycles. The van der Waals surface area contributed by atoms with Crippen molar-refractivity contribution >= 4 is 5.82 Å². The Labute approximate surface area is 191 Å². The summed E-state index contributed by atoms with van der Waals surface area (Å²) in [5, 5.41) is 8.80. The summed E-state index contributed by atoms with van der Waals surface area (Å²) in [6.07, 6.45) is 11.0. The highest BCUT2D eigenvalue weighted by molar-refractivity contribution is 5.55. The molecule has 4 aromatic rings. The Hall–Kier alpha value is -3.66. The lowest BCUT2D eigenvalue weighted by molar-refractivity contribution is 0.373. The SMILES string of the molecule is CN(C)CCn1cc(-c2nc([C@@](C)(c3ccc(-c4cnc(N)cn4)nc3)C3CC3)no2)cn1. The molecule has 0 unspecified atom stereocenters. The summed E-state index contributed by atoms with van der Waals surface area (Å²) in [5.74, 6) is 1.97. The zero-order valence-corrected chi connectivity index (χ0v) is 19.0. The first-order valence-corrected chi connectivity index (χ1v) is 11.0. The van der Waals surface area contributed by atoms with Crippen LogP contribution in [0.4, 0.5) is 5.82 Å². The first-order chi connectivity index (χ1) is 15.9. The maximum atomic E-state index is 5.66. The Morgan fingerprint density at radius 2 is 1.91 bits per heavy atom. The summed E-state index contributed by atoms with van der Waals surface area (Å²) < 4.78 is 7.56. The highest BCUT2D eigenvalue weighted by Crippen LogP contribution is 2.50. The fourth-order valence-electron chi connectivity index (χ4n) is 3.98. The summed E-state index contributed by atoms with van der Waals surface area (Å²) in [5.41, 5.74) is 8.54. The van der Waals surface area contributed by atoms with Crippen LogP contribution >= 0.6 is 0 Å². The minimum absolute atomic E-state index is 0.382. The molecular formula is C23H27N9O. The first kappa shape index (κ1) is 21.2. The summed E-state index contributed by atoms with van der Waals surface area (Å²) in [6.45, 7) is 3.87. The van der Waals surface area contributed by atoms with E-state index in [1.807, 2.05) is 37.2 Å². The zero-order chi connectivity index (χ0) is 23.0. The van der Waals surface area contributed by atoms with Gasteiger partial charge in [0, 0.05) is 18.9 Å². The molecule has 0 bridgehead atoms. The Morgan fingerprint density at radius 3 is 2.58 bits per heavy atom. The molecule has 170 valence electrons. The van der Waals surface area contributed by atoms with Crippen LogP contribution in [0.5, 0.6) is 0 Å². The Morgan fingerprint density at radius 1 is 1.09 bits per heavy atom. The molecule has 0 radical (unpaired) electrons. The van der Waals surface area contributed by atoms with Gasteiger partial charge in [0.1, 0.15) is 11.5 Å². The van der Waals surface area contributed by atoms with E-state index < -0.39 is 0 Å². The third-order valence-corrected chi connectivity index (χ3v) is 6.24. The number of anilines is 1. The third kappa shape index (κ3) is 4.21. The van der Waals surface area contributed by atoms with Gasteiger partial charge in [-0.15, -0.1) is 0 Å². The Bertz CT molecular complexity index is 1230. The lowest BCUT2D eigenvalue weighted by atomic mass is 9.77. The van der Waals surface area contributed by atoms with E-state index in [-0.39, 0.29) is 5.41 Å². The topological polar surface area (TPSA) is 125 Å². The van der Waals surface area contributed by atoms with Gasteiger partial charge in [-0.3, -0.25) is 9.67 Å². The molecule has 1 atom stereocenters. The van der Waals surface area contributed by atoms with E-state index in [1.165, 1.54) is 6.20 Å². The fraction of sp³-hybridized carbons (Fsp3) is 0.391. The number of pyridine rings is 1. The van der Waals surface area contributed by atoms with Gasteiger partial charge in [0.2, 0.25) is 0 Å². The molecule has 2 N–H and O–H groups in total. The largest absolute Gasteiger partial charge is 0.382 e. The molecule has 10 nitrogen and oxygen atoms in total. The fourth-order valence-corrected chi connectivity index (χ4v) is 3.98. The van der Waals surface area contributed by atoms with Crippen molar-refractivity contribution in [3.05, 3.63) is 54.5 Å². The zero-order valence-electron chi connectivity index (χ0n) is 19.0. The molecule has 33 heavy (non-hydrogen) atoms. The van der Waals surface area contributed by atoms with Crippen molar-refractivity contribution in [2.45, 2.75) is 31.7 Å². The highest BCUT2D eigenvalue weighted by atomic mass is 16.5. The quantitative estimate of drug-likeness (QED) is 0.436. The second-order valence-electron chi connectivity index (χ2n) is 8.95. The van der Waals surface area contributed by atoms with E-state index in [0.29, 0.717) is 29.1 Å². The number of likely N-dealkylation sites (N-methyl/N-ethyl adjacent to an activating group) is 1. The van der Waals surface area contributed by atoms with E-state index in [2.05, 4.69) is 43.1 Å². The molecule has 5 rings (SSSR count). The first-order valence-electron chi connectivity index (χ1n) is 11.0. The third-order valence-electron chi connectivity index (χ3n) is 6.24. The van der Waals surface area contributed by atoms with Gasteiger partial charge in [-0.25, -0.2) is 9.97 Å². The molecule has 0 aliphatic heterocycles. The normalized spacial score (nSPS) is 15.6. The number of hydrogen-bond acceptors (Lipinski definition) is 9. The van der Waals surface area contributed by atoms with Crippen LogP contribution in [0, 0.1) is 5.92 Å². The molecule has 0 amide bonds. The molecule has 10 heteroatoms. The lowest BCUT2D eigenvalue weighted by Gasteiger charge is -2.26. The summed E-state index contributed by atoms with van der Waals surface area (Å²) in [7, 11) is 4.08. The molecule has 0 saturated heterocycles. The van der Waals surface area contributed by atoms with E-state index in [4.69, 9.17) is 15.2 Å². The van der Waals surface area contributed by atoms with Gasteiger partial charge in [0.15, 0.2) is 5.82 Å². The van der Waals surface area contributed by atoms with Gasteiger partial charge in [-0.2, -0.15) is 10.1 Å². The van der Waals surface area contributed by atoms with Crippen LogP contribution in [-0.2, 0) is 12.0 Å². The summed E-state index contributed by atoms with van der Waals surface area (Å²) >= 11 is 0. The van der Waals surface area contributed by atoms with Gasteiger partial charge in [0.05, 0.1) is 41.8 Å². The summed E-state index contributed by atoms with van der Waals surface area (Å²) in [4.78, 5) is 19.9. The van der Waals surface area contributed by atoms with Gasteiger partial charge >= 0.3 is 0 Å². The number of aromatic nitrogens is 7. The van der Waals surface area contributed by atoms with Crippen molar-refractivity contribution in [3.63, 3.8) is 0 Å². The maximum Gasteiger partial charge on any atom is 0.261 e. The summed E-state index contributed by atoms with van der Waals surface area (Å²) in [6, 6.07) is 4.01. The number of hydrogen-bond donors (Lipinski definition) is 1. The van der Waals surface area contributed by atoms with Crippen LogP contribution in [0.15, 0.2) is 47.6 Å². The van der Waals surface area contributed by atoms with Crippen molar-refractivity contribution in [1.29, 1.82) is 0 Å². The van der Waals surface area contributed by atoms with Crippen LogP contribution < -0.4 is 5.73 Å². The Kier molecular flexibility index (Phi) is 5.37. The van der Waals surface area contributed by atoms with Crippen molar-refractivity contribution in [2.75, 3.05) is 26.4 Å². The average Bonchev–Trinajstić information content (AvgIpc) is 3.37. The molecule has 0 aromatic carbocycles. The van der Waals surface area contributed by atoms with E-state index in [9.17, 15) is 0 Å². The van der Waals surface area contributed by atoms with Gasteiger partial charge in [-0.05, 0) is 51.4 Å². The predicted octanol–water partition coefficient (Wildman–Crippen LogP) is 2.64. The van der Waals surface area contributed by atoms with Gasteiger partial charge in [-0.1, -0.05) is 11.2 Å². The van der Waals surface area contributed by atoms with Crippen LogP contribution in [0.25, 0.3) is 22.8 Å². The molecule has 1 aliphatic carbocycles. The lowest BCUT2D eigenvalue weighted by Crippen LogP contribution is -2.28. The second-order valence-corrected chi connectivity index (χ2v) is 8.95. The minimum Gasteiger partial charge on any atom is -0.382 e. The molecule has 1 aliphatic rings. The van der Waals surface area contributed by atoms with Crippen molar-refractivity contribution in [3.8, 4) is 22.8 Å². The molecule has 0 spiro atoms. The smallest absolute Gasteiger partial charge is 0.261 e. The molecular weight excluding hydrogens is 418 g/mol. The Balaban J connectivity index is 1.41. The van der Waals surface area contributed by atoms with Crippen molar-refractivity contribution in [1.82, 2.24) is 39.8 Å². The number of nitrogens with two attached hydrogens (primary N) is 1. The molecule has 1 fully saturated rings. The number of nitrogen functional groups attached to an aromatic ring is 1. The highest BCUT2D eigenvalue weighted by Gasteiger charge is 2.47. The predicted molar refractivity (Wildman–Crippen MR) is 123 cm³/mol.